The highest BCUT2D eigenvalue weighted by Gasteiger charge is 2.30. The van der Waals surface area contributed by atoms with Crippen LogP contribution in [0.5, 0.6) is 0 Å². The zero-order valence-electron chi connectivity index (χ0n) is 15.6. The Morgan fingerprint density at radius 1 is 1.04 bits per heavy atom. The molecule has 1 aromatic carbocycles. The van der Waals surface area contributed by atoms with Crippen LogP contribution in [0.2, 0.25) is 0 Å². The molecule has 2 fully saturated rings. The number of amides is 1. The lowest BCUT2D eigenvalue weighted by atomic mass is 9.79. The zero-order chi connectivity index (χ0) is 18.6. The molecule has 2 aliphatic heterocycles. The largest absolute Gasteiger partial charge is 0.368 e. The molecule has 1 amide bonds. The van der Waals surface area contributed by atoms with Crippen molar-refractivity contribution in [2.75, 3.05) is 31.9 Å². The Morgan fingerprint density at radius 2 is 1.70 bits per heavy atom. The second-order valence-electron chi connectivity index (χ2n) is 7.57. The third kappa shape index (κ3) is 3.95. The fraction of sp³-hybridized carbons (Fsp3) is 0.476. The minimum atomic E-state index is 0.0117. The van der Waals surface area contributed by atoms with Gasteiger partial charge in [0.15, 0.2) is 0 Å². The Kier molecular flexibility index (Phi) is 5.34. The number of aromatic nitrogens is 2. The number of nitrogens with two attached hydrogens (primary N) is 1. The molecule has 6 heteroatoms. The molecule has 0 spiro atoms. The molecule has 0 aliphatic carbocycles. The Morgan fingerprint density at radius 3 is 2.41 bits per heavy atom. The third-order valence-electron chi connectivity index (χ3n) is 5.96. The number of benzene rings is 1. The first-order chi connectivity index (χ1) is 13.2. The van der Waals surface area contributed by atoms with Crippen LogP contribution in [0.1, 0.15) is 36.0 Å². The van der Waals surface area contributed by atoms with Crippen LogP contribution >= 0.6 is 0 Å². The summed E-state index contributed by atoms with van der Waals surface area (Å²) < 4.78 is 0. The minimum Gasteiger partial charge on any atom is -0.368 e. The van der Waals surface area contributed by atoms with Gasteiger partial charge in [0, 0.05) is 24.8 Å². The van der Waals surface area contributed by atoms with Crippen molar-refractivity contribution in [2.45, 2.75) is 25.7 Å². The lowest BCUT2D eigenvalue weighted by molar-refractivity contribution is 0.0642. The number of hydrogen-bond donors (Lipinski definition) is 2. The number of nitrogens with zero attached hydrogens (tertiary/aromatic N) is 3. The molecule has 3 heterocycles. The molecule has 2 aromatic rings. The Bertz CT molecular complexity index is 780. The molecule has 1 aromatic heterocycles. The van der Waals surface area contributed by atoms with Gasteiger partial charge in [0.2, 0.25) is 5.95 Å². The number of likely N-dealkylation sites (tertiary alicyclic amines) is 1. The van der Waals surface area contributed by atoms with Crippen LogP contribution in [0.4, 0.5) is 5.95 Å². The van der Waals surface area contributed by atoms with E-state index in [9.17, 15) is 4.79 Å². The van der Waals surface area contributed by atoms with Crippen molar-refractivity contribution in [1.29, 1.82) is 0 Å². The first-order valence-corrected chi connectivity index (χ1v) is 9.90. The summed E-state index contributed by atoms with van der Waals surface area (Å²) in [5, 5.41) is 3.44. The number of rotatable bonds is 3. The van der Waals surface area contributed by atoms with Gasteiger partial charge in [-0.05, 0) is 50.6 Å². The van der Waals surface area contributed by atoms with Crippen molar-refractivity contribution in [1.82, 2.24) is 20.2 Å². The highest BCUT2D eigenvalue weighted by Crippen LogP contribution is 2.32. The molecule has 0 unspecified atom stereocenters. The van der Waals surface area contributed by atoms with Crippen molar-refractivity contribution in [3.8, 4) is 11.3 Å². The summed E-state index contributed by atoms with van der Waals surface area (Å²) in [5.74, 6) is 1.75. The molecular weight excluding hydrogens is 338 g/mol. The lowest BCUT2D eigenvalue weighted by Gasteiger charge is -2.38. The maximum atomic E-state index is 13.2. The number of nitrogen functional groups attached to an aromatic ring is 1. The summed E-state index contributed by atoms with van der Waals surface area (Å²) >= 11 is 0. The molecule has 4 rings (SSSR count). The van der Waals surface area contributed by atoms with Gasteiger partial charge in [0.25, 0.3) is 5.91 Å². The molecule has 3 N–H and O–H groups in total. The Hall–Kier alpha value is -2.47. The van der Waals surface area contributed by atoms with E-state index in [2.05, 4.69) is 15.3 Å². The van der Waals surface area contributed by atoms with Gasteiger partial charge >= 0.3 is 0 Å². The molecule has 0 atom stereocenters. The molecule has 27 heavy (non-hydrogen) atoms. The monoisotopic (exact) mass is 365 g/mol. The molecule has 0 bridgehead atoms. The fourth-order valence-electron chi connectivity index (χ4n) is 4.43. The van der Waals surface area contributed by atoms with E-state index in [0.717, 1.165) is 56.4 Å². The third-order valence-corrected chi connectivity index (χ3v) is 5.96. The molecule has 2 saturated heterocycles. The first-order valence-electron chi connectivity index (χ1n) is 9.90. The molecule has 0 radical (unpaired) electrons. The first kappa shape index (κ1) is 17.9. The summed E-state index contributed by atoms with van der Waals surface area (Å²) in [4.78, 5) is 23.6. The predicted molar refractivity (Wildman–Crippen MR) is 106 cm³/mol. The van der Waals surface area contributed by atoms with E-state index in [0.29, 0.717) is 11.3 Å². The molecule has 0 saturated carbocycles. The van der Waals surface area contributed by atoms with E-state index in [1.807, 2.05) is 35.2 Å². The minimum absolute atomic E-state index is 0.0117. The smallest absolute Gasteiger partial charge is 0.257 e. The van der Waals surface area contributed by atoms with Crippen molar-refractivity contribution in [3.05, 3.63) is 42.1 Å². The summed E-state index contributed by atoms with van der Waals surface area (Å²) in [6.45, 7) is 3.89. The van der Waals surface area contributed by atoms with E-state index >= 15 is 0 Å². The van der Waals surface area contributed by atoms with Crippen LogP contribution in [0.3, 0.4) is 0 Å². The number of carbonyl (C=O) groups is 1. The Labute approximate surface area is 160 Å². The van der Waals surface area contributed by atoms with Gasteiger partial charge in [-0.3, -0.25) is 4.79 Å². The normalized spacial score (nSPS) is 19.2. The van der Waals surface area contributed by atoms with Gasteiger partial charge in [-0.2, -0.15) is 0 Å². The number of nitrogens with one attached hydrogen (secondary N) is 1. The number of piperidine rings is 2. The lowest BCUT2D eigenvalue weighted by Crippen LogP contribution is -2.42. The second kappa shape index (κ2) is 8.05. The SMILES string of the molecule is Nc1ncc(C(=O)N2CCC(C3CCNCC3)CC2)c(-c2ccccc2)n1. The van der Waals surface area contributed by atoms with E-state index < -0.39 is 0 Å². The summed E-state index contributed by atoms with van der Waals surface area (Å²) in [5.41, 5.74) is 7.84. The summed E-state index contributed by atoms with van der Waals surface area (Å²) in [6, 6.07) is 9.71. The maximum Gasteiger partial charge on any atom is 0.257 e. The topological polar surface area (TPSA) is 84.1 Å². The fourth-order valence-corrected chi connectivity index (χ4v) is 4.43. The van der Waals surface area contributed by atoms with E-state index in [1.54, 1.807) is 6.20 Å². The van der Waals surface area contributed by atoms with Crippen LogP contribution in [-0.2, 0) is 0 Å². The molecule has 2 aliphatic rings. The second-order valence-corrected chi connectivity index (χ2v) is 7.57. The molecular formula is C21H27N5O. The quantitative estimate of drug-likeness (QED) is 0.873. The molecule has 6 nitrogen and oxygen atoms in total. The van der Waals surface area contributed by atoms with Gasteiger partial charge < -0.3 is 16.0 Å². The Balaban J connectivity index is 1.49. The van der Waals surface area contributed by atoms with Crippen LogP contribution in [0.25, 0.3) is 11.3 Å². The number of anilines is 1. The highest BCUT2D eigenvalue weighted by molar-refractivity contribution is 5.99. The van der Waals surface area contributed by atoms with E-state index in [-0.39, 0.29) is 11.9 Å². The molecule has 142 valence electrons. The van der Waals surface area contributed by atoms with Crippen molar-refractivity contribution in [2.24, 2.45) is 11.8 Å². The summed E-state index contributed by atoms with van der Waals surface area (Å²) in [6.07, 6.45) is 6.29. The van der Waals surface area contributed by atoms with Crippen LogP contribution in [0.15, 0.2) is 36.5 Å². The van der Waals surface area contributed by atoms with Crippen molar-refractivity contribution >= 4 is 11.9 Å². The number of carbonyl (C=O) groups excluding carboxylic acids is 1. The summed E-state index contributed by atoms with van der Waals surface area (Å²) in [7, 11) is 0. The highest BCUT2D eigenvalue weighted by atomic mass is 16.2. The number of hydrogen-bond acceptors (Lipinski definition) is 5. The van der Waals surface area contributed by atoms with Gasteiger partial charge in [0.05, 0.1) is 11.3 Å². The van der Waals surface area contributed by atoms with Crippen molar-refractivity contribution < 1.29 is 4.79 Å². The average Bonchev–Trinajstić information content (AvgIpc) is 2.74. The van der Waals surface area contributed by atoms with Crippen LogP contribution in [-0.4, -0.2) is 47.0 Å². The predicted octanol–water partition coefficient (Wildman–Crippen LogP) is 2.58. The standard InChI is InChI=1S/C21H27N5O/c22-21-24-14-18(19(25-21)17-4-2-1-3-5-17)20(27)26-12-8-16(9-13-26)15-6-10-23-11-7-15/h1-5,14-16,23H,6-13H2,(H2,22,24,25). The van der Waals surface area contributed by atoms with Crippen LogP contribution < -0.4 is 11.1 Å². The van der Waals surface area contributed by atoms with E-state index in [4.69, 9.17) is 5.73 Å². The van der Waals surface area contributed by atoms with Gasteiger partial charge in [-0.15, -0.1) is 0 Å². The maximum absolute atomic E-state index is 13.2. The van der Waals surface area contributed by atoms with E-state index in [1.165, 1.54) is 12.8 Å². The van der Waals surface area contributed by atoms with Gasteiger partial charge in [-0.25, -0.2) is 9.97 Å². The van der Waals surface area contributed by atoms with Crippen molar-refractivity contribution in [3.63, 3.8) is 0 Å². The van der Waals surface area contributed by atoms with Crippen LogP contribution in [0, 0.1) is 11.8 Å². The zero-order valence-corrected chi connectivity index (χ0v) is 15.6. The van der Waals surface area contributed by atoms with Gasteiger partial charge in [0.1, 0.15) is 0 Å². The average molecular weight is 365 g/mol. The van der Waals surface area contributed by atoms with Gasteiger partial charge in [-0.1, -0.05) is 30.3 Å².